The van der Waals surface area contributed by atoms with E-state index in [2.05, 4.69) is 10.7 Å². The van der Waals surface area contributed by atoms with Crippen LogP contribution in [0.5, 0.6) is 0 Å². The molecule has 0 aromatic rings. The lowest BCUT2D eigenvalue weighted by atomic mass is 10.2. The molecule has 0 radical (unpaired) electrons. The van der Waals surface area contributed by atoms with Crippen molar-refractivity contribution in [1.29, 1.82) is 0 Å². The summed E-state index contributed by atoms with van der Waals surface area (Å²) in [6, 6.07) is 0. The molecule has 1 heterocycles. The Bertz CT molecular complexity index is 195. The molecule has 0 bridgehead atoms. The van der Waals surface area contributed by atoms with Crippen molar-refractivity contribution < 1.29 is 9.53 Å². The van der Waals surface area contributed by atoms with Crippen LogP contribution in [0.4, 0.5) is 0 Å². The number of hydrogen-bond acceptors (Lipinski definition) is 2. The van der Waals surface area contributed by atoms with E-state index in [-0.39, 0.29) is 12.6 Å². The molecule has 9 heavy (non-hydrogen) atoms. The molecule has 2 nitrogen and oxygen atoms in total. The van der Waals surface area contributed by atoms with E-state index >= 15 is 0 Å². The summed E-state index contributed by atoms with van der Waals surface area (Å²) < 4.78 is 4.63. The first-order valence-corrected chi connectivity index (χ1v) is 2.64. The molecule has 0 aromatic carbocycles. The summed E-state index contributed by atoms with van der Waals surface area (Å²) in [4.78, 5) is 10.4. The number of esters is 1. The van der Waals surface area contributed by atoms with Crippen molar-refractivity contribution in [2.45, 2.75) is 6.42 Å². The smallest absolute Gasteiger partial charge is 0.310 e. The lowest BCUT2D eigenvalue weighted by Crippen LogP contribution is -2.10. The highest BCUT2D eigenvalue weighted by Gasteiger charge is 2.07. The minimum Gasteiger partial charge on any atom is -0.460 e. The molecule has 1 rings (SSSR count). The number of carbonyl (C=O) groups excluding carboxylic acids is 1. The summed E-state index contributed by atoms with van der Waals surface area (Å²) in [5, 5.41) is 0. The van der Waals surface area contributed by atoms with Gasteiger partial charge in [0.1, 0.15) is 6.61 Å². The standard InChI is InChI=1S/C7H6O2/c1-2-6-3-4-7(8)9-5-6/h1,3H,4-5H2. The highest BCUT2D eigenvalue weighted by molar-refractivity contribution is 5.73. The molecule has 1 aliphatic heterocycles. The fourth-order valence-corrected chi connectivity index (χ4v) is 0.583. The first-order chi connectivity index (χ1) is 4.33. The van der Waals surface area contributed by atoms with Crippen LogP contribution in [0.25, 0.3) is 0 Å². The second-order valence-electron chi connectivity index (χ2n) is 1.74. The van der Waals surface area contributed by atoms with Gasteiger partial charge in [-0.2, -0.15) is 0 Å². The van der Waals surface area contributed by atoms with Gasteiger partial charge < -0.3 is 4.74 Å². The Morgan fingerprint density at radius 1 is 1.78 bits per heavy atom. The topological polar surface area (TPSA) is 26.3 Å². The molecule has 0 saturated heterocycles. The van der Waals surface area contributed by atoms with Crippen LogP contribution in [-0.4, -0.2) is 12.6 Å². The minimum absolute atomic E-state index is 0.200. The Hall–Kier alpha value is -1.23. The van der Waals surface area contributed by atoms with Gasteiger partial charge in [0, 0.05) is 5.57 Å². The maximum absolute atomic E-state index is 10.4. The number of terminal acetylenes is 1. The maximum Gasteiger partial charge on any atom is 0.310 e. The molecule has 0 aliphatic carbocycles. The van der Waals surface area contributed by atoms with Crippen LogP contribution in [-0.2, 0) is 9.53 Å². The van der Waals surface area contributed by atoms with E-state index in [4.69, 9.17) is 6.42 Å². The van der Waals surface area contributed by atoms with Gasteiger partial charge >= 0.3 is 5.97 Å². The number of cyclic esters (lactones) is 1. The molecule has 1 aliphatic rings. The third kappa shape index (κ3) is 1.33. The number of ether oxygens (including phenoxy) is 1. The van der Waals surface area contributed by atoms with Crippen molar-refractivity contribution in [3.05, 3.63) is 11.6 Å². The van der Waals surface area contributed by atoms with E-state index in [1.807, 2.05) is 0 Å². The zero-order valence-corrected chi connectivity index (χ0v) is 4.89. The van der Waals surface area contributed by atoms with Gasteiger partial charge in [-0.1, -0.05) is 12.0 Å². The SMILES string of the molecule is C#CC1=CCC(=O)OC1. The van der Waals surface area contributed by atoms with Crippen molar-refractivity contribution >= 4 is 5.97 Å². The number of rotatable bonds is 0. The van der Waals surface area contributed by atoms with Gasteiger partial charge in [-0.15, -0.1) is 6.42 Å². The summed E-state index contributed by atoms with van der Waals surface area (Å²) in [6.07, 6.45) is 7.07. The summed E-state index contributed by atoms with van der Waals surface area (Å²) in [6.45, 7) is 0.273. The molecule has 2 heteroatoms. The zero-order chi connectivity index (χ0) is 6.69. The van der Waals surface area contributed by atoms with Crippen molar-refractivity contribution in [1.82, 2.24) is 0 Å². The van der Waals surface area contributed by atoms with Crippen LogP contribution in [0.3, 0.4) is 0 Å². The average Bonchev–Trinajstić information content (AvgIpc) is 1.90. The Morgan fingerprint density at radius 2 is 2.56 bits per heavy atom. The molecule has 0 unspecified atom stereocenters. The fourth-order valence-electron chi connectivity index (χ4n) is 0.583. The molecule has 0 fully saturated rings. The Labute approximate surface area is 53.5 Å². The monoisotopic (exact) mass is 122 g/mol. The third-order valence-corrected chi connectivity index (χ3v) is 1.09. The van der Waals surface area contributed by atoms with Gasteiger partial charge in [-0.3, -0.25) is 4.79 Å². The summed E-state index contributed by atoms with van der Waals surface area (Å²) in [7, 11) is 0. The maximum atomic E-state index is 10.4. The van der Waals surface area contributed by atoms with Crippen LogP contribution in [0.2, 0.25) is 0 Å². The van der Waals surface area contributed by atoms with Gasteiger partial charge in [0.05, 0.1) is 6.42 Å². The van der Waals surface area contributed by atoms with Crippen molar-refractivity contribution in [2.75, 3.05) is 6.61 Å². The van der Waals surface area contributed by atoms with E-state index in [9.17, 15) is 4.79 Å². The third-order valence-electron chi connectivity index (χ3n) is 1.09. The highest BCUT2D eigenvalue weighted by atomic mass is 16.5. The van der Waals surface area contributed by atoms with E-state index < -0.39 is 0 Å². The van der Waals surface area contributed by atoms with Crippen molar-refractivity contribution in [3.63, 3.8) is 0 Å². The highest BCUT2D eigenvalue weighted by Crippen LogP contribution is 2.04. The molecule has 0 N–H and O–H groups in total. The predicted octanol–water partition coefficient (Wildman–Crippen LogP) is 0.493. The number of hydrogen-bond donors (Lipinski definition) is 0. The molecule has 0 spiro atoms. The summed E-state index contributed by atoms with van der Waals surface area (Å²) in [5.74, 6) is 2.21. The van der Waals surface area contributed by atoms with Crippen LogP contribution in [0, 0.1) is 12.3 Å². The zero-order valence-electron chi connectivity index (χ0n) is 4.89. The lowest BCUT2D eigenvalue weighted by Gasteiger charge is -2.07. The van der Waals surface area contributed by atoms with Gasteiger partial charge in [0.15, 0.2) is 0 Å². The van der Waals surface area contributed by atoms with Gasteiger partial charge in [-0.25, -0.2) is 0 Å². The van der Waals surface area contributed by atoms with E-state index in [0.717, 1.165) is 5.57 Å². The molecule has 0 aromatic heterocycles. The van der Waals surface area contributed by atoms with Crippen molar-refractivity contribution in [3.8, 4) is 12.3 Å². The largest absolute Gasteiger partial charge is 0.460 e. The molecular formula is C7H6O2. The second-order valence-corrected chi connectivity index (χ2v) is 1.74. The fraction of sp³-hybridized carbons (Fsp3) is 0.286. The first-order valence-electron chi connectivity index (χ1n) is 2.64. The van der Waals surface area contributed by atoms with E-state index in [0.29, 0.717) is 6.42 Å². The Kier molecular flexibility index (Phi) is 1.55. The molecule has 0 saturated carbocycles. The first kappa shape index (κ1) is 5.90. The predicted molar refractivity (Wildman–Crippen MR) is 32.5 cm³/mol. The van der Waals surface area contributed by atoms with Crippen LogP contribution in [0.1, 0.15) is 6.42 Å². The minimum atomic E-state index is -0.200. The van der Waals surface area contributed by atoms with Gasteiger partial charge in [0.2, 0.25) is 0 Å². The quantitative estimate of drug-likeness (QED) is 0.345. The van der Waals surface area contributed by atoms with Crippen LogP contribution >= 0.6 is 0 Å². The number of carbonyl (C=O) groups is 1. The Morgan fingerprint density at radius 3 is 3.00 bits per heavy atom. The second kappa shape index (κ2) is 2.36. The average molecular weight is 122 g/mol. The van der Waals surface area contributed by atoms with Gasteiger partial charge in [0.25, 0.3) is 0 Å². The van der Waals surface area contributed by atoms with Gasteiger partial charge in [-0.05, 0) is 0 Å². The molecule has 0 atom stereocenters. The molecular weight excluding hydrogens is 116 g/mol. The van der Waals surface area contributed by atoms with E-state index in [1.165, 1.54) is 0 Å². The summed E-state index contributed by atoms with van der Waals surface area (Å²) >= 11 is 0. The Balaban J connectivity index is 2.63. The van der Waals surface area contributed by atoms with Crippen LogP contribution in [0.15, 0.2) is 11.6 Å². The van der Waals surface area contributed by atoms with E-state index in [1.54, 1.807) is 6.08 Å². The lowest BCUT2D eigenvalue weighted by molar-refractivity contribution is -0.142. The van der Waals surface area contributed by atoms with Crippen LogP contribution < -0.4 is 0 Å². The summed E-state index contributed by atoms with van der Waals surface area (Å²) in [5.41, 5.74) is 0.759. The molecule has 46 valence electrons. The normalized spacial score (nSPS) is 17.7. The van der Waals surface area contributed by atoms with Crippen molar-refractivity contribution in [2.24, 2.45) is 0 Å². The molecule has 0 amide bonds.